The summed E-state index contributed by atoms with van der Waals surface area (Å²) < 4.78 is 0. The molecule has 0 bridgehead atoms. The molecule has 2 rings (SSSR count). The van der Waals surface area contributed by atoms with Gasteiger partial charge >= 0.3 is 0 Å². The third kappa shape index (κ3) is 5.90. The van der Waals surface area contributed by atoms with Crippen LogP contribution in [-0.2, 0) is 17.1 Å². The van der Waals surface area contributed by atoms with Crippen LogP contribution in [0.2, 0.25) is 0 Å². The summed E-state index contributed by atoms with van der Waals surface area (Å²) in [6.07, 6.45) is 19.0. The van der Waals surface area contributed by atoms with E-state index < -0.39 is 0 Å². The van der Waals surface area contributed by atoms with Crippen LogP contribution >= 0.6 is 0 Å². The van der Waals surface area contributed by atoms with Gasteiger partial charge < -0.3 is 0 Å². The molecule has 0 saturated carbocycles. The summed E-state index contributed by atoms with van der Waals surface area (Å²) in [6, 6.07) is 0. The SMILES string of the molecule is C1=CCC=C1.C1=CCC=C1.[Mn]. The summed E-state index contributed by atoms with van der Waals surface area (Å²) in [7, 11) is 0. The van der Waals surface area contributed by atoms with Crippen LogP contribution in [0.3, 0.4) is 0 Å². The smallest absolute Gasteiger partial charge is 0 e. The van der Waals surface area contributed by atoms with Crippen molar-refractivity contribution in [3.05, 3.63) is 48.6 Å². The first kappa shape index (κ1) is 10.5. The minimum Gasteiger partial charge on any atom is -0.0808 e. The molecule has 0 aromatic carbocycles. The van der Waals surface area contributed by atoms with E-state index in [2.05, 4.69) is 48.6 Å². The zero-order chi connectivity index (χ0) is 7.07. The van der Waals surface area contributed by atoms with E-state index in [4.69, 9.17) is 0 Å². The molecule has 0 amide bonds. The topological polar surface area (TPSA) is 0 Å². The Morgan fingerprint density at radius 3 is 0.909 bits per heavy atom. The van der Waals surface area contributed by atoms with E-state index in [0.717, 1.165) is 12.8 Å². The van der Waals surface area contributed by atoms with Crippen LogP contribution in [0, 0.1) is 0 Å². The summed E-state index contributed by atoms with van der Waals surface area (Å²) in [5, 5.41) is 0. The standard InChI is InChI=1S/2C5H6.Mn/c2*1-2-4-5-3-1;/h2*1-4H,5H2;. The Labute approximate surface area is 78.9 Å². The van der Waals surface area contributed by atoms with Gasteiger partial charge in [0.25, 0.3) is 0 Å². The van der Waals surface area contributed by atoms with Gasteiger partial charge in [0.15, 0.2) is 0 Å². The van der Waals surface area contributed by atoms with Crippen LogP contribution in [0.5, 0.6) is 0 Å². The van der Waals surface area contributed by atoms with E-state index in [-0.39, 0.29) is 17.1 Å². The van der Waals surface area contributed by atoms with Gasteiger partial charge in [-0.3, -0.25) is 0 Å². The third-order valence-electron chi connectivity index (χ3n) is 1.31. The maximum Gasteiger partial charge on any atom is 0 e. The monoisotopic (exact) mass is 187 g/mol. The Bertz CT molecular complexity index is 143. The maximum atomic E-state index is 2.12. The Balaban J connectivity index is 0.000000167. The molecule has 2 aliphatic rings. The number of hydrogen-bond donors (Lipinski definition) is 0. The van der Waals surface area contributed by atoms with Gasteiger partial charge in [0.1, 0.15) is 0 Å². The van der Waals surface area contributed by atoms with Crippen LogP contribution in [-0.4, -0.2) is 0 Å². The molecule has 1 radical (unpaired) electrons. The minimum atomic E-state index is 0. The largest absolute Gasteiger partial charge is 0.0808 e. The van der Waals surface area contributed by atoms with Gasteiger partial charge in [-0.1, -0.05) is 48.6 Å². The molecule has 0 N–H and O–H groups in total. The molecular weight excluding hydrogens is 175 g/mol. The number of rotatable bonds is 0. The van der Waals surface area contributed by atoms with Gasteiger partial charge in [0.05, 0.1) is 0 Å². The van der Waals surface area contributed by atoms with Crippen molar-refractivity contribution in [3.8, 4) is 0 Å². The summed E-state index contributed by atoms with van der Waals surface area (Å²) in [5.74, 6) is 0. The summed E-state index contributed by atoms with van der Waals surface area (Å²) in [4.78, 5) is 0. The van der Waals surface area contributed by atoms with Gasteiger partial charge in [-0.15, -0.1) is 0 Å². The minimum absolute atomic E-state index is 0. The molecule has 11 heavy (non-hydrogen) atoms. The fraction of sp³-hybridized carbons (Fsp3) is 0.200. The van der Waals surface area contributed by atoms with E-state index in [1.807, 2.05) is 0 Å². The molecule has 0 saturated heterocycles. The predicted octanol–water partition coefficient (Wildman–Crippen LogP) is 3.00. The van der Waals surface area contributed by atoms with Crippen molar-refractivity contribution in [3.63, 3.8) is 0 Å². The second-order valence-corrected chi connectivity index (χ2v) is 2.18. The van der Waals surface area contributed by atoms with Gasteiger partial charge in [-0.05, 0) is 12.8 Å². The van der Waals surface area contributed by atoms with Crippen molar-refractivity contribution in [2.75, 3.05) is 0 Å². The van der Waals surface area contributed by atoms with Crippen molar-refractivity contribution in [1.82, 2.24) is 0 Å². The summed E-state index contributed by atoms with van der Waals surface area (Å²) in [5.41, 5.74) is 0. The molecule has 0 unspecified atom stereocenters. The molecule has 0 atom stereocenters. The molecule has 0 aromatic rings. The fourth-order valence-electron chi connectivity index (χ4n) is 0.786. The molecule has 1 heteroatoms. The van der Waals surface area contributed by atoms with Gasteiger partial charge in [0, 0.05) is 17.1 Å². The molecule has 0 heterocycles. The second-order valence-electron chi connectivity index (χ2n) is 2.18. The van der Waals surface area contributed by atoms with Gasteiger partial charge in [-0.2, -0.15) is 0 Å². The fourth-order valence-corrected chi connectivity index (χ4v) is 0.786. The van der Waals surface area contributed by atoms with Crippen LogP contribution in [0.1, 0.15) is 12.8 Å². The van der Waals surface area contributed by atoms with Gasteiger partial charge in [-0.25, -0.2) is 0 Å². The average Bonchev–Trinajstić information content (AvgIpc) is 2.67. The van der Waals surface area contributed by atoms with Crippen LogP contribution < -0.4 is 0 Å². The molecule has 0 fully saturated rings. The predicted molar refractivity (Wildman–Crippen MR) is 45.8 cm³/mol. The molecule has 59 valence electrons. The second kappa shape index (κ2) is 7.58. The average molecular weight is 187 g/mol. The van der Waals surface area contributed by atoms with E-state index in [9.17, 15) is 0 Å². The van der Waals surface area contributed by atoms with Crippen molar-refractivity contribution in [1.29, 1.82) is 0 Å². The number of hydrogen-bond acceptors (Lipinski definition) is 0. The Hall–Kier alpha value is -0.521. The van der Waals surface area contributed by atoms with E-state index in [1.54, 1.807) is 0 Å². The van der Waals surface area contributed by atoms with Crippen molar-refractivity contribution < 1.29 is 17.1 Å². The van der Waals surface area contributed by atoms with Crippen molar-refractivity contribution in [2.24, 2.45) is 0 Å². The van der Waals surface area contributed by atoms with Crippen molar-refractivity contribution >= 4 is 0 Å². The van der Waals surface area contributed by atoms with Crippen LogP contribution in [0.25, 0.3) is 0 Å². The zero-order valence-corrected chi connectivity index (χ0v) is 7.59. The maximum absolute atomic E-state index is 2.12. The first-order chi connectivity index (χ1) is 5.00. The Kier molecular flexibility index (Phi) is 7.23. The molecule has 0 spiro atoms. The zero-order valence-electron chi connectivity index (χ0n) is 6.41. The number of allylic oxidation sites excluding steroid dienone is 8. The molecule has 2 aliphatic carbocycles. The molecule has 0 nitrogen and oxygen atoms in total. The van der Waals surface area contributed by atoms with Crippen molar-refractivity contribution in [2.45, 2.75) is 12.8 Å². The Morgan fingerprint density at radius 2 is 0.818 bits per heavy atom. The summed E-state index contributed by atoms with van der Waals surface area (Å²) in [6.45, 7) is 0. The third-order valence-corrected chi connectivity index (χ3v) is 1.31. The molecule has 0 aromatic heterocycles. The quantitative estimate of drug-likeness (QED) is 0.511. The Morgan fingerprint density at radius 1 is 0.545 bits per heavy atom. The van der Waals surface area contributed by atoms with E-state index >= 15 is 0 Å². The van der Waals surface area contributed by atoms with Crippen LogP contribution in [0.15, 0.2) is 48.6 Å². The normalized spacial score (nSPS) is 16.0. The van der Waals surface area contributed by atoms with Crippen LogP contribution in [0.4, 0.5) is 0 Å². The first-order valence-electron chi connectivity index (χ1n) is 3.63. The van der Waals surface area contributed by atoms with E-state index in [0.29, 0.717) is 0 Å². The van der Waals surface area contributed by atoms with Gasteiger partial charge in [0.2, 0.25) is 0 Å². The molecular formula is C10H12Mn. The molecule has 0 aliphatic heterocycles. The first-order valence-corrected chi connectivity index (χ1v) is 3.63. The summed E-state index contributed by atoms with van der Waals surface area (Å²) >= 11 is 0. The van der Waals surface area contributed by atoms with E-state index in [1.165, 1.54) is 0 Å².